The second kappa shape index (κ2) is 6.92. The summed E-state index contributed by atoms with van der Waals surface area (Å²) < 4.78 is 12.7. The summed E-state index contributed by atoms with van der Waals surface area (Å²) >= 11 is 0. The number of carbonyl (C=O) groups excluding carboxylic acids is 1. The molecule has 0 amide bonds. The van der Waals surface area contributed by atoms with Gasteiger partial charge in [-0.1, -0.05) is 0 Å². The van der Waals surface area contributed by atoms with Gasteiger partial charge < -0.3 is 18.9 Å². The Bertz CT molecular complexity index is 143. The summed E-state index contributed by atoms with van der Waals surface area (Å²) in [4.78, 5) is 28.6. The minimum atomic E-state index is -5.07. The topological polar surface area (TPSA) is 89.5 Å². The fourth-order valence-corrected chi connectivity index (χ4v) is 0.472. The summed E-state index contributed by atoms with van der Waals surface area (Å²) in [6.07, 6.45) is 0. The average Bonchev–Trinajstić information content (AvgIpc) is 1.21. The third kappa shape index (κ3) is 16.1. The summed E-state index contributed by atoms with van der Waals surface area (Å²) in [6.45, 7) is 0.836. The van der Waals surface area contributed by atoms with Crippen LogP contribution < -0.4 is 39.3 Å². The van der Waals surface area contributed by atoms with Gasteiger partial charge in [-0.05, 0) is 0 Å². The quantitative estimate of drug-likeness (QED) is 0.331. The normalized spacial score (nSPS) is 8.70. The maximum Gasteiger partial charge on any atom is 2.00 e. The van der Waals surface area contributed by atoms with E-state index in [1.54, 1.807) is 0 Å². The van der Waals surface area contributed by atoms with E-state index >= 15 is 0 Å². The van der Waals surface area contributed by atoms with Gasteiger partial charge in [-0.2, -0.15) is 0 Å². The Labute approximate surface area is 92.8 Å². The third-order valence-electron chi connectivity index (χ3n) is 0.240. The van der Waals surface area contributed by atoms with Crippen LogP contribution in [-0.4, -0.2) is 5.97 Å². The van der Waals surface area contributed by atoms with E-state index in [9.17, 15) is 19.1 Å². The molecule has 48 valence electrons. The Morgan fingerprint density at radius 2 is 1.80 bits per heavy atom. The molecule has 0 aliphatic heterocycles. The van der Waals surface area contributed by atoms with Crippen molar-refractivity contribution in [1.82, 2.24) is 0 Å². The second-order valence-corrected chi connectivity index (χ2v) is 2.11. The molecule has 0 spiro atoms. The van der Waals surface area contributed by atoms with Crippen molar-refractivity contribution in [2.45, 2.75) is 6.92 Å². The third-order valence-corrected chi connectivity index (χ3v) is 0.721. The number of carbonyl (C=O) groups is 1. The van der Waals surface area contributed by atoms with Gasteiger partial charge in [0.1, 0.15) is 7.82 Å². The van der Waals surface area contributed by atoms with Gasteiger partial charge in [-0.15, -0.1) is 0 Å². The van der Waals surface area contributed by atoms with Crippen LogP contribution in [0.2, 0.25) is 0 Å². The Kier molecular flexibility index (Phi) is 12.0. The van der Waals surface area contributed by atoms with Gasteiger partial charge >= 0.3 is 55.0 Å². The van der Waals surface area contributed by atoms with Crippen LogP contribution in [0.4, 0.5) is 0 Å². The molecule has 0 heterocycles. The van der Waals surface area contributed by atoms with Crippen LogP contribution >= 0.6 is 7.82 Å². The van der Waals surface area contributed by atoms with Crippen LogP contribution in [0.15, 0.2) is 0 Å². The zero-order valence-corrected chi connectivity index (χ0v) is 11.6. The standard InChI is InChI=1S/C2H5O5P.Na.Zn/c1-2(3)7-8(4,5)6;;/h1H3,(H2,4,5,6);;/q;+1;+2/p-2. The molecule has 0 aromatic rings. The largest absolute Gasteiger partial charge is 2.00 e. The smallest absolute Gasteiger partial charge is 0.780 e. The van der Waals surface area contributed by atoms with Gasteiger partial charge in [0.15, 0.2) is 0 Å². The number of phosphoric acid groups is 1. The van der Waals surface area contributed by atoms with Crippen molar-refractivity contribution in [1.29, 1.82) is 0 Å². The minimum absolute atomic E-state index is 0. The molecule has 0 aromatic heterocycles. The first kappa shape index (κ1) is 17.4. The van der Waals surface area contributed by atoms with E-state index in [1.165, 1.54) is 0 Å². The fourth-order valence-electron chi connectivity index (χ4n) is 0.157. The molecule has 8 heteroatoms. The summed E-state index contributed by atoms with van der Waals surface area (Å²) in [6, 6.07) is 0. The second-order valence-electron chi connectivity index (χ2n) is 1.03. The van der Waals surface area contributed by atoms with Gasteiger partial charge in [0, 0.05) is 6.92 Å². The van der Waals surface area contributed by atoms with Crippen LogP contribution in [0.1, 0.15) is 6.92 Å². The molecular weight excluding hydrogens is 223 g/mol. The molecule has 0 bridgehead atoms. The molecule has 0 atom stereocenters. The van der Waals surface area contributed by atoms with Crippen molar-refractivity contribution >= 4 is 13.8 Å². The maximum atomic E-state index is 9.66. The fraction of sp³-hybridized carbons (Fsp3) is 0.500. The molecule has 0 radical (unpaired) electrons. The van der Waals surface area contributed by atoms with Gasteiger partial charge in [-0.3, -0.25) is 4.79 Å². The van der Waals surface area contributed by atoms with E-state index in [4.69, 9.17) is 0 Å². The maximum absolute atomic E-state index is 9.66. The Morgan fingerprint density at radius 1 is 1.50 bits per heavy atom. The number of phosphoric ester groups is 1. The first-order valence-electron chi connectivity index (χ1n) is 1.64. The predicted molar refractivity (Wildman–Crippen MR) is 19.4 cm³/mol. The van der Waals surface area contributed by atoms with Crippen molar-refractivity contribution in [3.63, 3.8) is 0 Å². The van der Waals surface area contributed by atoms with Crippen LogP contribution in [0, 0.1) is 0 Å². The summed E-state index contributed by atoms with van der Waals surface area (Å²) in [5, 5.41) is 0. The van der Waals surface area contributed by atoms with Crippen LogP contribution in [0.3, 0.4) is 0 Å². The Balaban J connectivity index is -0.000000245. The molecule has 0 saturated heterocycles. The Hall–Kier alpha value is 1.24. The van der Waals surface area contributed by atoms with Crippen LogP contribution in [0.5, 0.6) is 0 Å². The molecule has 0 saturated carbocycles. The molecule has 0 aliphatic rings. The molecule has 0 aromatic carbocycles. The number of hydrogen-bond acceptors (Lipinski definition) is 5. The van der Waals surface area contributed by atoms with Gasteiger partial charge in [0.2, 0.25) is 0 Å². The molecular formula is C2H3NaO5PZn+. The monoisotopic (exact) mass is 225 g/mol. The van der Waals surface area contributed by atoms with Gasteiger partial charge in [0.25, 0.3) is 0 Å². The zero-order chi connectivity index (χ0) is 6.78. The van der Waals surface area contributed by atoms with Crippen LogP contribution in [0.25, 0.3) is 0 Å². The first-order valence-corrected chi connectivity index (χ1v) is 3.10. The van der Waals surface area contributed by atoms with Crippen molar-refractivity contribution in [2.24, 2.45) is 0 Å². The molecule has 0 unspecified atom stereocenters. The summed E-state index contributed by atoms with van der Waals surface area (Å²) in [5.74, 6) is -1.11. The van der Waals surface area contributed by atoms with Crippen molar-refractivity contribution in [2.75, 3.05) is 0 Å². The minimum Gasteiger partial charge on any atom is -0.780 e. The van der Waals surface area contributed by atoms with E-state index in [0.717, 1.165) is 6.92 Å². The van der Waals surface area contributed by atoms with E-state index < -0.39 is 13.8 Å². The SMILES string of the molecule is CC(=O)OP(=O)([O-])[O-].[Na+].[Zn+2]. The van der Waals surface area contributed by atoms with E-state index in [2.05, 4.69) is 4.52 Å². The van der Waals surface area contributed by atoms with Crippen molar-refractivity contribution in [3.05, 3.63) is 0 Å². The van der Waals surface area contributed by atoms with Gasteiger partial charge in [0.05, 0.1) is 0 Å². The summed E-state index contributed by atoms with van der Waals surface area (Å²) in [7, 11) is -5.07. The summed E-state index contributed by atoms with van der Waals surface area (Å²) in [5.41, 5.74) is 0. The van der Waals surface area contributed by atoms with Crippen molar-refractivity contribution in [3.8, 4) is 0 Å². The van der Waals surface area contributed by atoms with Gasteiger partial charge in [-0.25, -0.2) is 0 Å². The average molecular weight is 226 g/mol. The zero-order valence-electron chi connectivity index (χ0n) is 5.70. The first-order chi connectivity index (χ1) is 3.42. The predicted octanol–water partition coefficient (Wildman–Crippen LogP) is -4.62. The van der Waals surface area contributed by atoms with E-state index in [-0.39, 0.29) is 49.0 Å². The molecule has 10 heavy (non-hydrogen) atoms. The Morgan fingerprint density at radius 3 is 1.80 bits per heavy atom. The molecule has 0 fully saturated rings. The molecule has 0 rings (SSSR count). The van der Waals surface area contributed by atoms with E-state index in [0.29, 0.717) is 0 Å². The molecule has 0 N–H and O–H groups in total. The van der Waals surface area contributed by atoms with Crippen LogP contribution in [-0.2, 0) is 33.4 Å². The molecule has 5 nitrogen and oxygen atoms in total. The molecule has 0 aliphatic carbocycles. The number of hydrogen-bond donors (Lipinski definition) is 0. The number of rotatable bonds is 1. The van der Waals surface area contributed by atoms with Crippen molar-refractivity contribution < 1.29 is 72.7 Å². The van der Waals surface area contributed by atoms with E-state index in [1.807, 2.05) is 0 Å².